The van der Waals surface area contributed by atoms with E-state index in [2.05, 4.69) is 27.9 Å². The zero-order chi connectivity index (χ0) is 20.7. The Morgan fingerprint density at radius 3 is 2.29 bits per heavy atom. The van der Waals surface area contributed by atoms with Crippen LogP contribution in [0, 0.1) is 0 Å². The third-order valence-electron chi connectivity index (χ3n) is 4.87. The highest BCUT2D eigenvalue weighted by Crippen LogP contribution is 2.11. The van der Waals surface area contributed by atoms with Crippen LogP contribution in [-0.4, -0.2) is 57.5 Å². The highest BCUT2D eigenvalue weighted by molar-refractivity contribution is 7.91. The Morgan fingerprint density at radius 2 is 1.68 bits per heavy atom. The third-order valence-corrected chi connectivity index (χ3v) is 6.64. The van der Waals surface area contributed by atoms with Crippen LogP contribution in [0.1, 0.15) is 78.1 Å². The Hall–Kier alpha value is -1.31. The lowest BCUT2D eigenvalue weighted by Gasteiger charge is -2.13. The van der Waals surface area contributed by atoms with Crippen LogP contribution in [0.25, 0.3) is 0 Å². The van der Waals surface area contributed by atoms with E-state index in [4.69, 9.17) is 0 Å². The number of carbonyl (C=O) groups excluding carboxylic acids is 1. The minimum atomic E-state index is -2.97. The minimum Gasteiger partial charge on any atom is -0.357 e. The summed E-state index contributed by atoms with van der Waals surface area (Å²) in [5.74, 6) is 0.858. The summed E-state index contributed by atoms with van der Waals surface area (Å²) in [6.07, 6.45) is 11.0. The number of amides is 1. The maximum absolute atomic E-state index is 12.0. The zero-order valence-corrected chi connectivity index (χ0v) is 18.6. The second-order valence-electron chi connectivity index (χ2n) is 7.58. The summed E-state index contributed by atoms with van der Waals surface area (Å²) in [7, 11) is -2.97. The van der Waals surface area contributed by atoms with E-state index in [1.165, 1.54) is 44.9 Å². The smallest absolute Gasteiger partial charge is 0.222 e. The van der Waals surface area contributed by atoms with Crippen molar-refractivity contribution in [2.45, 2.75) is 84.1 Å². The number of aliphatic imine (C=N–C) groups is 1. The largest absolute Gasteiger partial charge is 0.357 e. The van der Waals surface area contributed by atoms with Gasteiger partial charge in [-0.1, -0.05) is 51.9 Å². The number of nitrogens with one attached hydrogen (secondary N) is 3. The van der Waals surface area contributed by atoms with Gasteiger partial charge < -0.3 is 16.0 Å². The second-order valence-corrected chi connectivity index (χ2v) is 9.81. The number of unbranched alkanes of at least 4 members (excludes halogenated alkanes) is 7. The molecular formula is C20H40N4O3S. The maximum atomic E-state index is 12.0. The predicted molar refractivity (Wildman–Crippen MR) is 116 cm³/mol. The van der Waals surface area contributed by atoms with Crippen LogP contribution in [0.4, 0.5) is 0 Å². The Balaban J connectivity index is 2.14. The number of sulfone groups is 1. The van der Waals surface area contributed by atoms with E-state index in [9.17, 15) is 13.2 Å². The van der Waals surface area contributed by atoms with E-state index in [1.807, 2.05) is 6.92 Å². The molecule has 0 spiro atoms. The standard InChI is InChI=1S/C20H40N4O3S/c1-3-5-6-7-8-9-10-11-14-22-20(21-4-2)23-15-12-19(25)24-18-13-16-28(26,27)17-18/h18H,3-17H2,1-2H3,(H,24,25)(H2,21,22,23). The van der Waals surface area contributed by atoms with Crippen molar-refractivity contribution in [3.63, 3.8) is 0 Å². The van der Waals surface area contributed by atoms with Crippen LogP contribution in [0.3, 0.4) is 0 Å². The first-order chi connectivity index (χ1) is 13.5. The average molecular weight is 417 g/mol. The summed E-state index contributed by atoms with van der Waals surface area (Å²) in [5, 5.41) is 9.18. The molecule has 1 unspecified atom stereocenters. The van der Waals surface area contributed by atoms with Crippen LogP contribution >= 0.6 is 0 Å². The van der Waals surface area contributed by atoms with Crippen LogP contribution in [0.15, 0.2) is 4.99 Å². The summed E-state index contributed by atoms with van der Waals surface area (Å²) in [6, 6.07) is -0.235. The average Bonchev–Trinajstić information content (AvgIpc) is 2.98. The van der Waals surface area contributed by atoms with Gasteiger partial charge in [0.05, 0.1) is 11.5 Å². The highest BCUT2D eigenvalue weighted by atomic mass is 32.2. The van der Waals surface area contributed by atoms with Crippen LogP contribution in [0.5, 0.6) is 0 Å². The minimum absolute atomic E-state index is 0.0644. The van der Waals surface area contributed by atoms with Gasteiger partial charge >= 0.3 is 0 Å². The van der Waals surface area contributed by atoms with E-state index in [0.717, 1.165) is 25.5 Å². The normalized spacial score (nSPS) is 18.8. The second kappa shape index (κ2) is 14.7. The van der Waals surface area contributed by atoms with Crippen LogP contribution in [0.2, 0.25) is 0 Å². The van der Waals surface area contributed by atoms with Crippen molar-refractivity contribution in [3.8, 4) is 0 Å². The van der Waals surface area contributed by atoms with Gasteiger partial charge in [0, 0.05) is 32.1 Å². The fraction of sp³-hybridized carbons (Fsp3) is 0.900. The number of hydrogen-bond acceptors (Lipinski definition) is 4. The lowest BCUT2D eigenvalue weighted by Crippen LogP contribution is -2.41. The Bertz CT molecular complexity index is 564. The Labute approximate surface area is 171 Å². The first-order valence-electron chi connectivity index (χ1n) is 11.0. The summed E-state index contributed by atoms with van der Waals surface area (Å²) in [4.78, 5) is 16.5. The topological polar surface area (TPSA) is 99.7 Å². The van der Waals surface area contributed by atoms with E-state index in [1.54, 1.807) is 0 Å². The summed E-state index contributed by atoms with van der Waals surface area (Å²) >= 11 is 0. The molecule has 1 heterocycles. The Morgan fingerprint density at radius 1 is 1.00 bits per heavy atom. The molecule has 0 bridgehead atoms. The highest BCUT2D eigenvalue weighted by Gasteiger charge is 2.28. The van der Waals surface area contributed by atoms with Gasteiger partial charge in [-0.3, -0.25) is 9.79 Å². The molecule has 8 heteroatoms. The van der Waals surface area contributed by atoms with Gasteiger partial charge in [0.2, 0.25) is 5.91 Å². The number of nitrogens with zero attached hydrogens (tertiary/aromatic N) is 1. The van der Waals surface area contributed by atoms with Gasteiger partial charge in [-0.15, -0.1) is 0 Å². The third kappa shape index (κ3) is 12.2. The Kier molecular flexibility index (Phi) is 12.9. The number of rotatable bonds is 14. The lowest BCUT2D eigenvalue weighted by molar-refractivity contribution is -0.121. The van der Waals surface area contributed by atoms with Crippen molar-refractivity contribution in [1.29, 1.82) is 0 Å². The fourth-order valence-corrected chi connectivity index (χ4v) is 4.95. The first kappa shape index (κ1) is 24.7. The van der Waals surface area contributed by atoms with Gasteiger partial charge in [-0.05, 0) is 19.8 Å². The molecule has 0 aliphatic carbocycles. The quantitative estimate of drug-likeness (QED) is 0.229. The summed E-state index contributed by atoms with van der Waals surface area (Å²) in [6.45, 7) is 6.30. The van der Waals surface area contributed by atoms with E-state index in [0.29, 0.717) is 19.4 Å². The van der Waals surface area contributed by atoms with Gasteiger partial charge in [-0.2, -0.15) is 0 Å². The zero-order valence-electron chi connectivity index (χ0n) is 17.8. The molecule has 28 heavy (non-hydrogen) atoms. The molecule has 1 rings (SSSR count). The van der Waals surface area contributed by atoms with Gasteiger partial charge in [-0.25, -0.2) is 8.42 Å². The first-order valence-corrected chi connectivity index (χ1v) is 12.8. The molecule has 0 aromatic carbocycles. The molecule has 3 N–H and O–H groups in total. The van der Waals surface area contributed by atoms with Crippen molar-refractivity contribution in [1.82, 2.24) is 16.0 Å². The van der Waals surface area contributed by atoms with Crippen LogP contribution in [-0.2, 0) is 14.6 Å². The van der Waals surface area contributed by atoms with Crippen LogP contribution < -0.4 is 16.0 Å². The number of carbonyl (C=O) groups is 1. The summed E-state index contributed by atoms with van der Waals surface area (Å²) < 4.78 is 22.9. The molecule has 0 saturated carbocycles. The molecule has 1 fully saturated rings. The van der Waals surface area contributed by atoms with E-state index >= 15 is 0 Å². The SMILES string of the molecule is CCCCCCCCCCN=C(NCC)NCCC(=O)NC1CCS(=O)(=O)C1. The summed E-state index contributed by atoms with van der Waals surface area (Å²) in [5.41, 5.74) is 0. The van der Waals surface area contributed by atoms with Gasteiger partial charge in [0.25, 0.3) is 0 Å². The molecule has 1 saturated heterocycles. The molecular weight excluding hydrogens is 376 g/mol. The molecule has 0 aromatic heterocycles. The number of hydrogen-bond donors (Lipinski definition) is 3. The maximum Gasteiger partial charge on any atom is 0.222 e. The molecule has 1 aliphatic rings. The predicted octanol–water partition coefficient (Wildman–Crippen LogP) is 2.38. The van der Waals surface area contributed by atoms with Crippen molar-refractivity contribution in [3.05, 3.63) is 0 Å². The fourth-order valence-electron chi connectivity index (χ4n) is 3.28. The molecule has 0 radical (unpaired) electrons. The molecule has 164 valence electrons. The van der Waals surface area contributed by atoms with E-state index in [-0.39, 0.29) is 23.5 Å². The van der Waals surface area contributed by atoms with Crippen molar-refractivity contribution in [2.24, 2.45) is 4.99 Å². The van der Waals surface area contributed by atoms with E-state index < -0.39 is 9.84 Å². The van der Waals surface area contributed by atoms with Crippen molar-refractivity contribution < 1.29 is 13.2 Å². The van der Waals surface area contributed by atoms with Gasteiger partial charge in [0.15, 0.2) is 15.8 Å². The molecule has 1 atom stereocenters. The van der Waals surface area contributed by atoms with Crippen molar-refractivity contribution in [2.75, 3.05) is 31.1 Å². The van der Waals surface area contributed by atoms with Gasteiger partial charge in [0.1, 0.15) is 0 Å². The number of guanidine groups is 1. The molecule has 1 aliphatic heterocycles. The molecule has 0 aromatic rings. The molecule has 7 nitrogen and oxygen atoms in total. The lowest BCUT2D eigenvalue weighted by atomic mass is 10.1. The molecule has 1 amide bonds. The monoisotopic (exact) mass is 416 g/mol. The van der Waals surface area contributed by atoms with Crippen molar-refractivity contribution >= 4 is 21.7 Å².